The van der Waals surface area contributed by atoms with Gasteiger partial charge in [-0.1, -0.05) is 20.8 Å². The van der Waals surface area contributed by atoms with Crippen molar-refractivity contribution in [3.05, 3.63) is 36.5 Å². The van der Waals surface area contributed by atoms with Gasteiger partial charge in [-0.15, -0.1) is 0 Å². The lowest BCUT2D eigenvalue weighted by Crippen LogP contribution is -2.33. The Balaban J connectivity index is 1.49. The molecule has 0 unspecified atom stereocenters. The summed E-state index contributed by atoms with van der Waals surface area (Å²) in [5, 5.41) is 3.31. The summed E-state index contributed by atoms with van der Waals surface area (Å²) in [5.41, 5.74) is 0.963. The third-order valence-corrected chi connectivity index (χ3v) is 5.64. The molecule has 0 saturated carbocycles. The average Bonchev–Trinajstić information content (AvgIpc) is 2.76. The maximum absolute atomic E-state index is 5.87. The van der Waals surface area contributed by atoms with Gasteiger partial charge >= 0.3 is 0 Å². The zero-order chi connectivity index (χ0) is 20.5. The molecule has 1 saturated heterocycles. The predicted molar refractivity (Wildman–Crippen MR) is 120 cm³/mol. The van der Waals surface area contributed by atoms with Gasteiger partial charge in [-0.3, -0.25) is 0 Å². The Labute approximate surface area is 175 Å². The summed E-state index contributed by atoms with van der Waals surface area (Å²) in [5.74, 6) is 3.34. The Kier molecular flexibility index (Phi) is 8.11. The van der Waals surface area contributed by atoms with Crippen LogP contribution in [0.2, 0.25) is 0 Å². The van der Waals surface area contributed by atoms with E-state index in [1.165, 1.54) is 12.8 Å². The van der Waals surface area contributed by atoms with E-state index in [1.807, 2.05) is 36.5 Å². The van der Waals surface area contributed by atoms with Gasteiger partial charge in [0.2, 0.25) is 5.95 Å². The van der Waals surface area contributed by atoms with Crippen molar-refractivity contribution in [3.8, 4) is 5.75 Å². The van der Waals surface area contributed by atoms with Gasteiger partial charge in [-0.05, 0) is 68.6 Å². The number of nitrogens with zero attached hydrogens (tertiary/aromatic N) is 4. The summed E-state index contributed by atoms with van der Waals surface area (Å²) in [6.07, 6.45) is 5.32. The predicted octanol–water partition coefficient (Wildman–Crippen LogP) is 4.57. The lowest BCUT2D eigenvalue weighted by molar-refractivity contribution is 0.249. The van der Waals surface area contributed by atoms with Gasteiger partial charge in [0.15, 0.2) is 0 Å². The maximum Gasteiger partial charge on any atom is 0.229 e. The molecule has 1 aromatic heterocycles. The summed E-state index contributed by atoms with van der Waals surface area (Å²) in [6.45, 7) is 12.9. The van der Waals surface area contributed by atoms with E-state index in [9.17, 15) is 0 Å². The van der Waals surface area contributed by atoms with E-state index in [4.69, 9.17) is 9.72 Å². The van der Waals surface area contributed by atoms with Crippen molar-refractivity contribution in [2.24, 2.45) is 5.92 Å². The van der Waals surface area contributed by atoms with Crippen LogP contribution >= 0.6 is 0 Å². The van der Waals surface area contributed by atoms with E-state index < -0.39 is 0 Å². The van der Waals surface area contributed by atoms with Crippen molar-refractivity contribution in [2.45, 2.75) is 40.0 Å². The SMILES string of the molecule is CCN(CC)CCCOc1ccc(Nc2nccc(N3CCC(C)CC3)n2)cc1. The number of nitrogens with one attached hydrogen (secondary N) is 1. The molecule has 1 N–H and O–H groups in total. The maximum atomic E-state index is 5.87. The average molecular weight is 398 g/mol. The Bertz CT molecular complexity index is 724. The standard InChI is InChI=1S/C23H35N5O/c1-4-27(5-2)15-6-18-29-21-9-7-20(8-10-21)25-23-24-14-11-22(26-23)28-16-12-19(3)13-17-28/h7-11,14,19H,4-6,12-13,15-18H2,1-3H3,(H,24,25,26). The molecule has 6 nitrogen and oxygen atoms in total. The molecule has 0 bridgehead atoms. The van der Waals surface area contributed by atoms with Crippen LogP contribution in [-0.2, 0) is 0 Å². The Hall–Kier alpha value is -2.34. The van der Waals surface area contributed by atoms with Crippen molar-refractivity contribution in [2.75, 3.05) is 49.5 Å². The molecule has 1 aliphatic rings. The van der Waals surface area contributed by atoms with Crippen LogP contribution < -0.4 is 15.0 Å². The van der Waals surface area contributed by atoms with Gasteiger partial charge in [0.05, 0.1) is 6.61 Å². The zero-order valence-corrected chi connectivity index (χ0v) is 18.1. The molecule has 0 amide bonds. The van der Waals surface area contributed by atoms with Crippen molar-refractivity contribution in [3.63, 3.8) is 0 Å². The molecule has 0 spiro atoms. The third kappa shape index (κ3) is 6.60. The highest BCUT2D eigenvalue weighted by Crippen LogP contribution is 2.23. The minimum atomic E-state index is 0.633. The van der Waals surface area contributed by atoms with E-state index in [2.05, 4.69) is 40.9 Å². The van der Waals surface area contributed by atoms with Gasteiger partial charge in [0.1, 0.15) is 11.6 Å². The number of ether oxygens (including phenoxy) is 1. The smallest absolute Gasteiger partial charge is 0.229 e. The normalized spacial score (nSPS) is 15.0. The van der Waals surface area contributed by atoms with Crippen LogP contribution in [0.3, 0.4) is 0 Å². The molecule has 1 aromatic carbocycles. The Morgan fingerprint density at radius 3 is 2.52 bits per heavy atom. The van der Waals surface area contributed by atoms with Crippen molar-refractivity contribution >= 4 is 17.5 Å². The largest absolute Gasteiger partial charge is 0.494 e. The second-order valence-corrected chi connectivity index (χ2v) is 7.79. The monoisotopic (exact) mass is 397 g/mol. The van der Waals surface area contributed by atoms with Crippen LogP contribution in [0.1, 0.15) is 40.0 Å². The van der Waals surface area contributed by atoms with E-state index >= 15 is 0 Å². The Morgan fingerprint density at radius 2 is 1.83 bits per heavy atom. The highest BCUT2D eigenvalue weighted by Gasteiger charge is 2.17. The molecule has 2 heterocycles. The summed E-state index contributed by atoms with van der Waals surface area (Å²) < 4.78 is 5.87. The third-order valence-electron chi connectivity index (χ3n) is 5.64. The zero-order valence-electron chi connectivity index (χ0n) is 18.1. The number of rotatable bonds is 10. The van der Waals surface area contributed by atoms with Gasteiger partial charge < -0.3 is 19.9 Å². The fraction of sp³-hybridized carbons (Fsp3) is 0.565. The van der Waals surface area contributed by atoms with Crippen LogP contribution in [0.5, 0.6) is 5.75 Å². The topological polar surface area (TPSA) is 53.5 Å². The first-order chi connectivity index (χ1) is 14.2. The van der Waals surface area contributed by atoms with Crippen LogP contribution in [0.4, 0.5) is 17.5 Å². The van der Waals surface area contributed by atoms with E-state index in [1.54, 1.807) is 0 Å². The minimum absolute atomic E-state index is 0.633. The van der Waals surface area contributed by atoms with E-state index in [-0.39, 0.29) is 0 Å². The number of hydrogen-bond acceptors (Lipinski definition) is 6. The number of piperidine rings is 1. The summed E-state index contributed by atoms with van der Waals surface area (Å²) in [4.78, 5) is 13.8. The van der Waals surface area contributed by atoms with Crippen molar-refractivity contribution in [1.29, 1.82) is 0 Å². The highest BCUT2D eigenvalue weighted by molar-refractivity contribution is 5.56. The van der Waals surface area contributed by atoms with Gasteiger partial charge in [0, 0.05) is 31.5 Å². The number of hydrogen-bond donors (Lipinski definition) is 1. The fourth-order valence-corrected chi connectivity index (χ4v) is 3.60. The summed E-state index contributed by atoms with van der Waals surface area (Å²) in [6, 6.07) is 10.0. The second kappa shape index (κ2) is 11.0. The molecule has 2 aromatic rings. The number of benzene rings is 1. The van der Waals surface area contributed by atoms with Crippen molar-refractivity contribution in [1.82, 2.24) is 14.9 Å². The molecule has 6 heteroatoms. The van der Waals surface area contributed by atoms with Crippen molar-refractivity contribution < 1.29 is 4.74 Å². The molecule has 158 valence electrons. The van der Waals surface area contributed by atoms with Crippen LogP contribution in [-0.4, -0.2) is 54.2 Å². The van der Waals surface area contributed by atoms with E-state index in [0.717, 1.165) is 68.9 Å². The Morgan fingerprint density at radius 1 is 1.10 bits per heavy atom. The van der Waals surface area contributed by atoms with Gasteiger partial charge in [0.25, 0.3) is 0 Å². The molecule has 29 heavy (non-hydrogen) atoms. The molecule has 3 rings (SSSR count). The van der Waals surface area contributed by atoms with Crippen LogP contribution in [0.25, 0.3) is 0 Å². The highest BCUT2D eigenvalue weighted by atomic mass is 16.5. The van der Waals surface area contributed by atoms with Gasteiger partial charge in [-0.2, -0.15) is 4.98 Å². The quantitative estimate of drug-likeness (QED) is 0.593. The molecule has 0 atom stereocenters. The lowest BCUT2D eigenvalue weighted by atomic mass is 9.99. The molecule has 0 radical (unpaired) electrons. The lowest BCUT2D eigenvalue weighted by Gasteiger charge is -2.31. The van der Waals surface area contributed by atoms with Crippen LogP contribution in [0, 0.1) is 5.92 Å². The first-order valence-corrected chi connectivity index (χ1v) is 11.0. The van der Waals surface area contributed by atoms with E-state index in [0.29, 0.717) is 5.95 Å². The first-order valence-electron chi connectivity index (χ1n) is 11.0. The molecule has 1 fully saturated rings. The molecular weight excluding hydrogens is 362 g/mol. The fourth-order valence-electron chi connectivity index (χ4n) is 3.60. The first kappa shape index (κ1) is 21.4. The summed E-state index contributed by atoms with van der Waals surface area (Å²) >= 11 is 0. The number of anilines is 3. The molecular formula is C23H35N5O. The minimum Gasteiger partial charge on any atom is -0.494 e. The number of aromatic nitrogens is 2. The van der Waals surface area contributed by atoms with Crippen LogP contribution in [0.15, 0.2) is 36.5 Å². The molecule has 1 aliphatic heterocycles. The molecule has 0 aliphatic carbocycles. The second-order valence-electron chi connectivity index (χ2n) is 7.79. The summed E-state index contributed by atoms with van der Waals surface area (Å²) in [7, 11) is 0. The van der Waals surface area contributed by atoms with Gasteiger partial charge in [-0.25, -0.2) is 4.98 Å².